The molecule has 0 saturated carbocycles. The lowest BCUT2D eigenvalue weighted by Gasteiger charge is -2.07. The van der Waals surface area contributed by atoms with E-state index in [4.69, 9.17) is 4.74 Å². The quantitative estimate of drug-likeness (QED) is 0.478. The number of fused-ring (bicyclic) bond motifs is 3. The summed E-state index contributed by atoms with van der Waals surface area (Å²) < 4.78 is 5.59. The first-order valence-electron chi connectivity index (χ1n) is 6.75. The van der Waals surface area contributed by atoms with Crippen LogP contribution in [0.2, 0.25) is 0 Å². The molecule has 1 aliphatic carbocycles. The van der Waals surface area contributed by atoms with Gasteiger partial charge in [0.15, 0.2) is 0 Å². The number of hydrogen-bond donors (Lipinski definition) is 0. The number of thiophene rings is 1. The maximum atomic E-state index is 5.59. The molecule has 2 aromatic heterocycles. The van der Waals surface area contributed by atoms with Gasteiger partial charge in [-0.25, -0.2) is 9.97 Å². The van der Waals surface area contributed by atoms with Crippen LogP contribution < -0.4 is 0 Å². The number of nitrogens with zero attached hydrogens (tertiary/aromatic N) is 2. The fraction of sp³-hybridized carbons (Fsp3) is 0.571. The minimum Gasteiger partial charge on any atom is -0.378 e. The Morgan fingerprint density at radius 2 is 2.26 bits per heavy atom. The molecule has 0 aromatic carbocycles. The average Bonchev–Trinajstić information content (AvgIpc) is 2.94. The molecule has 19 heavy (non-hydrogen) atoms. The Labute approximate surface area is 121 Å². The van der Waals surface area contributed by atoms with Gasteiger partial charge in [-0.3, -0.25) is 0 Å². The van der Waals surface area contributed by atoms with Crippen LogP contribution in [0.1, 0.15) is 30.7 Å². The third kappa shape index (κ3) is 2.78. The maximum Gasteiger partial charge on any atom is 0.128 e. The summed E-state index contributed by atoms with van der Waals surface area (Å²) >= 11 is 3.64. The summed E-state index contributed by atoms with van der Waals surface area (Å²) in [6.07, 6.45) is 5.69. The second kappa shape index (κ2) is 5.77. The second-order valence-electron chi connectivity index (χ2n) is 4.98. The Kier molecular flexibility index (Phi) is 4.05. The van der Waals surface area contributed by atoms with Gasteiger partial charge in [-0.15, -0.1) is 23.1 Å². The number of aromatic nitrogens is 2. The zero-order chi connectivity index (χ0) is 13.2. The van der Waals surface area contributed by atoms with Crippen molar-refractivity contribution in [2.75, 3.05) is 12.4 Å². The third-order valence-electron chi connectivity index (χ3n) is 3.24. The highest BCUT2D eigenvalue weighted by Gasteiger charge is 2.21. The first-order chi connectivity index (χ1) is 9.25. The van der Waals surface area contributed by atoms with Crippen LogP contribution in [-0.2, 0) is 17.6 Å². The Hall–Kier alpha value is -0.650. The molecule has 2 aromatic rings. The highest BCUT2D eigenvalue weighted by molar-refractivity contribution is 7.99. The van der Waals surface area contributed by atoms with Gasteiger partial charge in [0, 0.05) is 16.0 Å². The first kappa shape index (κ1) is 13.3. The van der Waals surface area contributed by atoms with Gasteiger partial charge in [-0.2, -0.15) is 0 Å². The van der Waals surface area contributed by atoms with Gasteiger partial charge in [0.1, 0.15) is 16.2 Å². The predicted molar refractivity (Wildman–Crippen MR) is 81.3 cm³/mol. The zero-order valence-corrected chi connectivity index (χ0v) is 12.9. The van der Waals surface area contributed by atoms with Crippen LogP contribution in [0.15, 0.2) is 11.4 Å². The lowest BCUT2D eigenvalue weighted by atomic mass is 10.2. The zero-order valence-electron chi connectivity index (χ0n) is 11.3. The van der Waals surface area contributed by atoms with Crippen molar-refractivity contribution in [1.29, 1.82) is 0 Å². The van der Waals surface area contributed by atoms with Crippen molar-refractivity contribution in [3.63, 3.8) is 0 Å². The average molecular weight is 294 g/mol. The van der Waals surface area contributed by atoms with Crippen LogP contribution in [0.5, 0.6) is 0 Å². The lowest BCUT2D eigenvalue weighted by Crippen LogP contribution is -2.05. The summed E-state index contributed by atoms with van der Waals surface area (Å²) in [7, 11) is 0. The van der Waals surface area contributed by atoms with E-state index in [1.54, 1.807) is 18.1 Å². The fourth-order valence-electron chi connectivity index (χ4n) is 2.43. The van der Waals surface area contributed by atoms with E-state index in [-0.39, 0.29) is 0 Å². The van der Waals surface area contributed by atoms with E-state index in [9.17, 15) is 0 Å². The molecule has 3 nitrogen and oxygen atoms in total. The summed E-state index contributed by atoms with van der Waals surface area (Å²) in [4.78, 5) is 11.6. The largest absolute Gasteiger partial charge is 0.378 e. The number of ether oxygens (including phenoxy) is 1. The van der Waals surface area contributed by atoms with Crippen LogP contribution >= 0.6 is 23.1 Å². The van der Waals surface area contributed by atoms with Gasteiger partial charge >= 0.3 is 0 Å². The number of hydrogen-bond acceptors (Lipinski definition) is 5. The molecule has 5 heteroatoms. The van der Waals surface area contributed by atoms with E-state index in [2.05, 4.69) is 23.8 Å². The minimum atomic E-state index is 0.302. The van der Waals surface area contributed by atoms with Crippen molar-refractivity contribution >= 4 is 33.3 Å². The summed E-state index contributed by atoms with van der Waals surface area (Å²) in [6, 6.07) is 0. The second-order valence-corrected chi connectivity index (χ2v) is 7.15. The van der Waals surface area contributed by atoms with Crippen molar-refractivity contribution in [3.05, 3.63) is 16.8 Å². The van der Waals surface area contributed by atoms with Crippen molar-refractivity contribution in [3.8, 4) is 0 Å². The van der Waals surface area contributed by atoms with E-state index in [1.807, 2.05) is 11.3 Å². The smallest absolute Gasteiger partial charge is 0.128 e. The molecule has 0 fully saturated rings. The Morgan fingerprint density at radius 3 is 3.11 bits per heavy atom. The molecule has 0 atom stereocenters. The monoisotopic (exact) mass is 294 g/mol. The van der Waals surface area contributed by atoms with Gasteiger partial charge in [-0.1, -0.05) is 0 Å². The maximum absolute atomic E-state index is 5.59. The summed E-state index contributed by atoms with van der Waals surface area (Å²) in [5.74, 6) is 0.953. The molecule has 0 unspecified atom stereocenters. The van der Waals surface area contributed by atoms with Crippen molar-refractivity contribution in [2.24, 2.45) is 0 Å². The molecule has 3 rings (SSSR count). The van der Waals surface area contributed by atoms with Crippen molar-refractivity contribution < 1.29 is 4.74 Å². The standard InChI is InChI=1S/C14H18N2OS2/c1-9(2)17-6-7-18-13-12-10-4-3-5-11(10)19-14(12)16-8-15-13/h8-9H,3-7H2,1-2H3. The van der Waals surface area contributed by atoms with Crippen molar-refractivity contribution in [1.82, 2.24) is 9.97 Å². The van der Waals surface area contributed by atoms with Crippen LogP contribution in [0.4, 0.5) is 0 Å². The Morgan fingerprint density at radius 1 is 1.37 bits per heavy atom. The van der Waals surface area contributed by atoms with E-state index < -0.39 is 0 Å². The molecular formula is C14H18N2OS2. The van der Waals surface area contributed by atoms with Crippen LogP contribution in [0.3, 0.4) is 0 Å². The van der Waals surface area contributed by atoms with E-state index in [1.165, 1.54) is 35.1 Å². The molecule has 0 bridgehead atoms. The predicted octanol–water partition coefficient (Wildman–Crippen LogP) is 3.70. The normalized spacial score (nSPS) is 14.5. The lowest BCUT2D eigenvalue weighted by molar-refractivity contribution is 0.0920. The Balaban J connectivity index is 1.79. The van der Waals surface area contributed by atoms with Gasteiger partial charge in [0.25, 0.3) is 0 Å². The van der Waals surface area contributed by atoms with Gasteiger partial charge in [0.2, 0.25) is 0 Å². The minimum absolute atomic E-state index is 0.302. The van der Waals surface area contributed by atoms with Crippen LogP contribution in [0.25, 0.3) is 10.2 Å². The molecule has 0 spiro atoms. The highest BCUT2D eigenvalue weighted by atomic mass is 32.2. The molecule has 1 aliphatic rings. The van der Waals surface area contributed by atoms with Crippen LogP contribution in [-0.4, -0.2) is 28.4 Å². The number of rotatable bonds is 5. The molecule has 2 heterocycles. The van der Waals surface area contributed by atoms with Gasteiger partial charge in [0.05, 0.1) is 12.7 Å². The molecule has 0 aliphatic heterocycles. The topological polar surface area (TPSA) is 35.0 Å². The molecular weight excluding hydrogens is 276 g/mol. The number of thioether (sulfide) groups is 1. The van der Waals surface area contributed by atoms with Gasteiger partial charge in [-0.05, 0) is 38.7 Å². The van der Waals surface area contributed by atoms with E-state index in [0.29, 0.717) is 6.10 Å². The highest BCUT2D eigenvalue weighted by Crippen LogP contribution is 2.39. The first-order valence-corrected chi connectivity index (χ1v) is 8.55. The van der Waals surface area contributed by atoms with Crippen molar-refractivity contribution in [2.45, 2.75) is 44.2 Å². The summed E-state index contributed by atoms with van der Waals surface area (Å²) in [5, 5.41) is 2.45. The van der Waals surface area contributed by atoms with Crippen LogP contribution in [0, 0.1) is 0 Å². The third-order valence-corrected chi connectivity index (χ3v) is 5.39. The molecule has 0 radical (unpaired) electrons. The molecule has 0 amide bonds. The Bertz CT molecular complexity index is 580. The fourth-order valence-corrected chi connectivity index (χ4v) is 4.58. The molecule has 0 saturated heterocycles. The SMILES string of the molecule is CC(C)OCCSc1ncnc2sc3c(c12)CCC3. The summed E-state index contributed by atoms with van der Waals surface area (Å²) in [5.41, 5.74) is 1.51. The molecule has 102 valence electrons. The van der Waals surface area contributed by atoms with E-state index in [0.717, 1.165) is 22.2 Å². The number of aryl methyl sites for hydroxylation is 2. The van der Waals surface area contributed by atoms with E-state index >= 15 is 0 Å². The molecule has 0 N–H and O–H groups in total. The summed E-state index contributed by atoms with van der Waals surface area (Å²) in [6.45, 7) is 4.92. The van der Waals surface area contributed by atoms with Gasteiger partial charge < -0.3 is 4.74 Å².